The van der Waals surface area contributed by atoms with Crippen molar-refractivity contribution in [1.82, 2.24) is 9.80 Å². The van der Waals surface area contributed by atoms with Crippen molar-refractivity contribution in [3.63, 3.8) is 0 Å². The molecule has 138 valence electrons. The number of nitrogens with zero attached hydrogens (tertiary/aromatic N) is 2. The Balaban J connectivity index is 1.80. The van der Waals surface area contributed by atoms with E-state index in [1.54, 1.807) is 41.3 Å². The van der Waals surface area contributed by atoms with Gasteiger partial charge in [-0.3, -0.25) is 4.79 Å². The SMILES string of the molecule is CN1CC[C@@](C)(CN(C)C(=O)c2cccc(-c3ccc(Cl)cc3F)c2)C1. The van der Waals surface area contributed by atoms with E-state index in [2.05, 4.69) is 18.9 Å². The smallest absolute Gasteiger partial charge is 0.253 e. The Morgan fingerprint density at radius 2 is 2.08 bits per heavy atom. The van der Waals surface area contributed by atoms with Gasteiger partial charge in [0.1, 0.15) is 5.82 Å². The van der Waals surface area contributed by atoms with Gasteiger partial charge in [0.2, 0.25) is 0 Å². The Kier molecular flexibility index (Phi) is 5.35. The third-order valence-corrected chi connectivity index (χ3v) is 5.30. The van der Waals surface area contributed by atoms with Crippen LogP contribution in [0.2, 0.25) is 5.02 Å². The van der Waals surface area contributed by atoms with Gasteiger partial charge in [0, 0.05) is 36.3 Å². The van der Waals surface area contributed by atoms with Crippen LogP contribution in [0.3, 0.4) is 0 Å². The number of carbonyl (C=O) groups excluding carboxylic acids is 1. The summed E-state index contributed by atoms with van der Waals surface area (Å²) >= 11 is 5.83. The van der Waals surface area contributed by atoms with E-state index >= 15 is 0 Å². The maximum atomic E-state index is 14.2. The molecular weight excluding hydrogens is 351 g/mol. The van der Waals surface area contributed by atoms with Gasteiger partial charge in [0.05, 0.1) is 0 Å². The van der Waals surface area contributed by atoms with E-state index in [4.69, 9.17) is 11.6 Å². The topological polar surface area (TPSA) is 23.6 Å². The molecule has 26 heavy (non-hydrogen) atoms. The molecule has 1 saturated heterocycles. The number of halogens is 2. The van der Waals surface area contributed by atoms with Crippen molar-refractivity contribution in [2.45, 2.75) is 13.3 Å². The molecule has 5 heteroatoms. The monoisotopic (exact) mass is 374 g/mol. The van der Waals surface area contributed by atoms with Crippen LogP contribution >= 0.6 is 11.6 Å². The summed E-state index contributed by atoms with van der Waals surface area (Å²) in [4.78, 5) is 16.9. The fourth-order valence-corrected chi connectivity index (χ4v) is 3.97. The molecule has 1 amide bonds. The summed E-state index contributed by atoms with van der Waals surface area (Å²) in [5, 5.41) is 0.355. The van der Waals surface area contributed by atoms with Gasteiger partial charge in [-0.05, 0) is 61.3 Å². The van der Waals surface area contributed by atoms with E-state index in [-0.39, 0.29) is 11.3 Å². The maximum absolute atomic E-state index is 14.2. The lowest BCUT2D eigenvalue weighted by molar-refractivity contribution is 0.0730. The molecule has 1 aliphatic heterocycles. The quantitative estimate of drug-likeness (QED) is 0.783. The second kappa shape index (κ2) is 7.37. The number of rotatable bonds is 4. The molecule has 1 fully saturated rings. The van der Waals surface area contributed by atoms with E-state index in [1.807, 2.05) is 7.05 Å². The van der Waals surface area contributed by atoms with E-state index in [0.717, 1.165) is 19.5 Å². The molecule has 0 aromatic heterocycles. The molecule has 1 heterocycles. The highest BCUT2D eigenvalue weighted by Crippen LogP contribution is 2.30. The van der Waals surface area contributed by atoms with Crippen LogP contribution < -0.4 is 0 Å². The second-order valence-electron chi connectivity index (χ2n) is 7.66. The van der Waals surface area contributed by atoms with Crippen molar-refractivity contribution in [2.75, 3.05) is 33.7 Å². The molecule has 1 atom stereocenters. The van der Waals surface area contributed by atoms with Gasteiger partial charge in [0.25, 0.3) is 5.91 Å². The first-order valence-corrected chi connectivity index (χ1v) is 9.15. The van der Waals surface area contributed by atoms with Gasteiger partial charge in [-0.1, -0.05) is 30.7 Å². The van der Waals surface area contributed by atoms with Gasteiger partial charge < -0.3 is 9.80 Å². The number of amides is 1. The molecule has 0 radical (unpaired) electrons. The molecule has 0 N–H and O–H groups in total. The average molecular weight is 375 g/mol. The number of hydrogen-bond donors (Lipinski definition) is 0. The van der Waals surface area contributed by atoms with Crippen molar-refractivity contribution in [3.8, 4) is 11.1 Å². The molecule has 0 bridgehead atoms. The van der Waals surface area contributed by atoms with E-state index in [1.165, 1.54) is 6.07 Å². The minimum absolute atomic E-state index is 0.0444. The molecule has 0 aliphatic carbocycles. The van der Waals surface area contributed by atoms with Crippen LogP contribution in [-0.2, 0) is 0 Å². The second-order valence-corrected chi connectivity index (χ2v) is 8.10. The van der Waals surface area contributed by atoms with Crippen LogP contribution in [0.4, 0.5) is 4.39 Å². The largest absolute Gasteiger partial charge is 0.341 e. The Morgan fingerprint density at radius 1 is 1.31 bits per heavy atom. The van der Waals surface area contributed by atoms with Crippen LogP contribution in [-0.4, -0.2) is 49.4 Å². The van der Waals surface area contributed by atoms with E-state index in [0.29, 0.717) is 28.3 Å². The standard InChI is InChI=1S/C21H24ClFN2O/c1-21(9-10-24(2)13-21)14-25(3)20(26)16-6-4-5-15(11-16)18-8-7-17(22)12-19(18)23/h4-8,11-12H,9-10,13-14H2,1-3H3/t21-/m1/s1. The van der Waals surface area contributed by atoms with Crippen LogP contribution in [0.5, 0.6) is 0 Å². The minimum atomic E-state index is -0.392. The summed E-state index contributed by atoms with van der Waals surface area (Å²) in [7, 11) is 3.94. The van der Waals surface area contributed by atoms with E-state index < -0.39 is 5.82 Å². The number of carbonyl (C=O) groups is 1. The van der Waals surface area contributed by atoms with Crippen molar-refractivity contribution in [1.29, 1.82) is 0 Å². The fraction of sp³-hybridized carbons (Fsp3) is 0.381. The Bertz CT molecular complexity index is 825. The molecule has 1 aliphatic rings. The van der Waals surface area contributed by atoms with Gasteiger partial charge in [-0.2, -0.15) is 0 Å². The summed E-state index contributed by atoms with van der Waals surface area (Å²) in [6.45, 7) is 4.97. The van der Waals surface area contributed by atoms with Crippen molar-refractivity contribution in [3.05, 3.63) is 58.9 Å². The molecule has 3 rings (SSSR count). The lowest BCUT2D eigenvalue weighted by atomic mass is 9.89. The first-order chi connectivity index (χ1) is 12.3. The molecule has 0 unspecified atom stereocenters. The number of hydrogen-bond acceptors (Lipinski definition) is 2. The lowest BCUT2D eigenvalue weighted by Crippen LogP contribution is -2.38. The predicted octanol–water partition coefficient (Wildman–Crippen LogP) is 4.56. The Hall–Kier alpha value is -1.91. The molecule has 2 aromatic carbocycles. The minimum Gasteiger partial charge on any atom is -0.341 e. The fourth-order valence-electron chi connectivity index (χ4n) is 3.81. The van der Waals surface area contributed by atoms with Gasteiger partial charge in [0.15, 0.2) is 0 Å². The summed E-state index contributed by atoms with van der Waals surface area (Å²) in [5.74, 6) is -0.436. The van der Waals surface area contributed by atoms with Crippen LogP contribution in [0, 0.1) is 11.2 Å². The zero-order chi connectivity index (χ0) is 18.9. The first-order valence-electron chi connectivity index (χ1n) is 8.77. The summed E-state index contributed by atoms with van der Waals surface area (Å²) in [6, 6.07) is 11.7. The van der Waals surface area contributed by atoms with Gasteiger partial charge in [-0.15, -0.1) is 0 Å². The predicted molar refractivity (Wildman–Crippen MR) is 104 cm³/mol. The third kappa shape index (κ3) is 4.08. The first kappa shape index (κ1) is 18.9. The molecule has 0 saturated carbocycles. The third-order valence-electron chi connectivity index (χ3n) is 5.07. The zero-order valence-electron chi connectivity index (χ0n) is 15.4. The van der Waals surface area contributed by atoms with Crippen molar-refractivity contribution >= 4 is 17.5 Å². The van der Waals surface area contributed by atoms with Crippen LogP contribution in [0.15, 0.2) is 42.5 Å². The highest BCUT2D eigenvalue weighted by atomic mass is 35.5. The Morgan fingerprint density at radius 3 is 2.73 bits per heavy atom. The highest BCUT2D eigenvalue weighted by Gasteiger charge is 2.34. The van der Waals surface area contributed by atoms with E-state index in [9.17, 15) is 9.18 Å². The Labute approximate surface area is 159 Å². The van der Waals surface area contributed by atoms with Gasteiger partial charge >= 0.3 is 0 Å². The lowest BCUT2D eigenvalue weighted by Gasteiger charge is -2.30. The molecule has 0 spiro atoms. The zero-order valence-corrected chi connectivity index (χ0v) is 16.2. The number of likely N-dealkylation sites (tertiary alicyclic amines) is 1. The maximum Gasteiger partial charge on any atom is 0.253 e. The summed E-state index contributed by atoms with van der Waals surface area (Å²) < 4.78 is 14.2. The number of benzene rings is 2. The van der Waals surface area contributed by atoms with Crippen LogP contribution in [0.25, 0.3) is 11.1 Å². The van der Waals surface area contributed by atoms with Crippen molar-refractivity contribution < 1.29 is 9.18 Å². The highest BCUT2D eigenvalue weighted by molar-refractivity contribution is 6.30. The molecule has 2 aromatic rings. The molecular formula is C21H24ClFN2O. The van der Waals surface area contributed by atoms with Crippen molar-refractivity contribution in [2.24, 2.45) is 5.41 Å². The molecule has 3 nitrogen and oxygen atoms in total. The normalized spacial score (nSPS) is 20.3. The summed E-state index contributed by atoms with van der Waals surface area (Å²) in [6.07, 6.45) is 1.08. The summed E-state index contributed by atoms with van der Waals surface area (Å²) in [5.41, 5.74) is 1.79. The van der Waals surface area contributed by atoms with Crippen LogP contribution in [0.1, 0.15) is 23.7 Å². The van der Waals surface area contributed by atoms with Gasteiger partial charge in [-0.25, -0.2) is 4.39 Å². The average Bonchev–Trinajstić information content (AvgIpc) is 2.92.